The molecule has 0 radical (unpaired) electrons. The fourth-order valence-corrected chi connectivity index (χ4v) is 2.78. The van der Waals surface area contributed by atoms with Crippen LogP contribution >= 0.6 is 11.8 Å². The Hall–Kier alpha value is -3.40. The van der Waals surface area contributed by atoms with Gasteiger partial charge in [0, 0.05) is 17.1 Å². The number of carbonyl (C=O) groups excluding carboxylic acids is 1. The molecule has 0 bridgehead atoms. The molecule has 0 aliphatic carbocycles. The predicted molar refractivity (Wildman–Crippen MR) is 88.8 cm³/mol. The van der Waals surface area contributed by atoms with Crippen LogP contribution < -0.4 is 15.1 Å². The number of amides is 1. The standard InChI is InChI=1S/C16H12N4O5S/c21-14(17-11-6-8-13(9-7-11)20(23)24)10-26-15-16(22)25-18-19(15)12-4-2-1-3-5-12/h1-6,8-9,22H,10H2,(H,17,21)/p-1. The summed E-state index contributed by atoms with van der Waals surface area (Å²) in [5.74, 6) is -1.12. The van der Waals surface area contributed by atoms with Crippen molar-refractivity contribution in [1.29, 1.82) is 0 Å². The molecule has 1 N–H and O–H groups in total. The highest BCUT2D eigenvalue weighted by Gasteiger charge is 2.21. The number of hydrogen-bond donors (Lipinski definition) is 1. The number of benzene rings is 2. The Bertz CT molecular complexity index is 928. The van der Waals surface area contributed by atoms with Crippen molar-refractivity contribution in [3.05, 3.63) is 64.7 Å². The van der Waals surface area contributed by atoms with E-state index in [-0.39, 0.29) is 16.5 Å². The first-order chi connectivity index (χ1) is 12.5. The third kappa shape index (κ3) is 3.98. The fourth-order valence-electron chi connectivity index (χ4n) is 2.02. The molecule has 1 heterocycles. The van der Waals surface area contributed by atoms with Crippen molar-refractivity contribution in [3.8, 4) is 11.6 Å². The van der Waals surface area contributed by atoms with Gasteiger partial charge in [-0.05, 0) is 16.4 Å². The maximum atomic E-state index is 12.0. The normalized spacial score (nSPS) is 10.5. The van der Waals surface area contributed by atoms with Crippen molar-refractivity contribution >= 4 is 29.0 Å². The fraction of sp³-hybridized carbons (Fsp3) is 0.0625. The van der Waals surface area contributed by atoms with Crippen molar-refractivity contribution in [2.24, 2.45) is 0 Å². The van der Waals surface area contributed by atoms with Gasteiger partial charge in [-0.15, -0.1) is 6.07 Å². The van der Waals surface area contributed by atoms with E-state index in [0.29, 0.717) is 11.4 Å². The maximum Gasteiger partial charge on any atom is 0.298 e. The summed E-state index contributed by atoms with van der Waals surface area (Å²) in [6, 6.07) is 15.3. The summed E-state index contributed by atoms with van der Waals surface area (Å²) in [6.45, 7) is 0. The Labute approximate surface area is 151 Å². The topological polar surface area (TPSA) is 125 Å². The summed E-state index contributed by atoms with van der Waals surface area (Å²) in [4.78, 5) is 22.1. The lowest BCUT2D eigenvalue weighted by Crippen LogP contribution is -2.35. The van der Waals surface area contributed by atoms with Gasteiger partial charge in [-0.2, -0.15) is 6.07 Å². The number of para-hydroxylation sites is 1. The molecule has 0 spiro atoms. The monoisotopic (exact) mass is 371 g/mol. The van der Waals surface area contributed by atoms with Crippen LogP contribution in [-0.4, -0.2) is 21.9 Å². The summed E-state index contributed by atoms with van der Waals surface area (Å²) < 4.78 is 5.99. The Morgan fingerprint density at radius 1 is 1.31 bits per heavy atom. The lowest BCUT2D eigenvalue weighted by atomic mass is 10.3. The van der Waals surface area contributed by atoms with Crippen molar-refractivity contribution in [2.45, 2.75) is 5.03 Å². The molecule has 132 valence electrons. The molecule has 0 fully saturated rings. The van der Waals surface area contributed by atoms with E-state index >= 15 is 0 Å². The number of anilines is 1. The van der Waals surface area contributed by atoms with Gasteiger partial charge in [0.25, 0.3) is 5.03 Å². The third-order valence-electron chi connectivity index (χ3n) is 3.19. The highest BCUT2D eigenvalue weighted by molar-refractivity contribution is 7.99. The summed E-state index contributed by atoms with van der Waals surface area (Å²) >= 11 is 0.971. The zero-order valence-corrected chi connectivity index (χ0v) is 13.9. The van der Waals surface area contributed by atoms with Crippen molar-refractivity contribution in [2.75, 3.05) is 11.1 Å². The minimum absolute atomic E-state index is 0.0753. The number of aromatic nitrogens is 2. The van der Waals surface area contributed by atoms with Gasteiger partial charge < -0.3 is 14.9 Å². The molecule has 1 amide bonds. The van der Waals surface area contributed by atoms with Crippen LogP contribution in [0.4, 0.5) is 11.4 Å². The summed E-state index contributed by atoms with van der Waals surface area (Å²) in [5.41, 5.74) is 0.802. The molecule has 26 heavy (non-hydrogen) atoms. The first kappa shape index (κ1) is 17.4. The van der Waals surface area contributed by atoms with E-state index in [4.69, 9.17) is 0 Å². The van der Waals surface area contributed by atoms with E-state index in [0.717, 1.165) is 11.8 Å². The number of nitrogens with one attached hydrogen (secondary N) is 1. The lowest BCUT2D eigenvalue weighted by Gasteiger charge is -2.09. The molecule has 10 heteroatoms. The Morgan fingerprint density at radius 3 is 2.73 bits per heavy atom. The zero-order chi connectivity index (χ0) is 18.5. The molecule has 0 saturated heterocycles. The predicted octanol–water partition coefficient (Wildman–Crippen LogP) is 1.46. The Morgan fingerprint density at radius 2 is 2.08 bits per heavy atom. The number of nitro benzene ring substituents is 1. The van der Waals surface area contributed by atoms with E-state index in [1.165, 1.54) is 22.9 Å². The zero-order valence-electron chi connectivity index (χ0n) is 13.1. The van der Waals surface area contributed by atoms with E-state index in [1.54, 1.807) is 24.3 Å². The van der Waals surface area contributed by atoms with Gasteiger partial charge >= 0.3 is 0 Å². The molecule has 9 nitrogen and oxygen atoms in total. The van der Waals surface area contributed by atoms with E-state index < -0.39 is 16.8 Å². The number of nitro groups is 1. The van der Waals surface area contributed by atoms with Crippen LogP contribution in [0.25, 0.3) is 5.69 Å². The molecule has 0 aliphatic rings. The number of rotatable bonds is 6. The molecule has 1 aromatic heterocycles. The largest absolute Gasteiger partial charge is 0.538 e. The second kappa shape index (κ2) is 7.66. The van der Waals surface area contributed by atoms with Crippen LogP contribution in [-0.2, 0) is 4.79 Å². The molecule has 3 aromatic rings. The SMILES string of the molecule is O=C(CSc1c([O-])on[n+]1-c1ccccc1)Nc1[c-]cc([N+](=O)[O-])cc1. The van der Waals surface area contributed by atoms with Crippen LogP contribution in [0.5, 0.6) is 5.95 Å². The molecule has 0 atom stereocenters. The molecular weight excluding hydrogens is 360 g/mol. The average Bonchev–Trinajstić information content (AvgIpc) is 3.02. The lowest BCUT2D eigenvalue weighted by molar-refractivity contribution is -0.705. The highest BCUT2D eigenvalue weighted by atomic mass is 32.2. The van der Waals surface area contributed by atoms with Gasteiger partial charge in [0.2, 0.25) is 11.6 Å². The molecular formula is C16H11N4O5S-. The molecule has 2 aromatic carbocycles. The summed E-state index contributed by atoms with van der Waals surface area (Å²) in [7, 11) is 0. The van der Waals surface area contributed by atoms with E-state index in [2.05, 4.69) is 21.2 Å². The van der Waals surface area contributed by atoms with Crippen LogP contribution in [0.3, 0.4) is 0 Å². The average molecular weight is 371 g/mol. The quantitative estimate of drug-likeness (QED) is 0.229. The Balaban J connectivity index is 1.65. The molecule has 0 saturated carbocycles. The van der Waals surface area contributed by atoms with Crippen LogP contribution in [0.1, 0.15) is 0 Å². The van der Waals surface area contributed by atoms with E-state index in [1.807, 2.05) is 6.07 Å². The second-order valence-electron chi connectivity index (χ2n) is 4.97. The van der Waals surface area contributed by atoms with Crippen LogP contribution in [0.15, 0.2) is 58.1 Å². The maximum absolute atomic E-state index is 12.0. The number of non-ortho nitro benzene ring substituents is 1. The molecule has 0 unspecified atom stereocenters. The summed E-state index contributed by atoms with van der Waals surface area (Å²) in [6.07, 6.45) is 0. The molecule has 3 rings (SSSR count). The van der Waals surface area contributed by atoms with E-state index in [9.17, 15) is 20.0 Å². The number of carbonyl (C=O) groups is 1. The van der Waals surface area contributed by atoms with Gasteiger partial charge in [0.05, 0.1) is 11.0 Å². The number of thioether (sulfide) groups is 1. The smallest absolute Gasteiger partial charge is 0.298 e. The van der Waals surface area contributed by atoms with Crippen LogP contribution in [0.2, 0.25) is 0 Å². The number of nitrogens with zero attached hydrogens (tertiary/aromatic N) is 3. The van der Waals surface area contributed by atoms with Crippen LogP contribution in [0, 0.1) is 16.2 Å². The first-order valence-corrected chi connectivity index (χ1v) is 8.26. The van der Waals surface area contributed by atoms with Crippen molar-refractivity contribution in [3.63, 3.8) is 0 Å². The summed E-state index contributed by atoms with van der Waals surface area (Å²) in [5, 5.41) is 28.8. The third-order valence-corrected chi connectivity index (χ3v) is 4.21. The Kier molecular flexibility index (Phi) is 5.13. The minimum atomic E-state index is -0.645. The van der Waals surface area contributed by atoms with Gasteiger partial charge in [-0.25, -0.2) is 0 Å². The molecule has 0 aliphatic heterocycles. The second-order valence-corrected chi connectivity index (χ2v) is 5.93. The van der Waals surface area contributed by atoms with Gasteiger partial charge in [0.15, 0.2) is 11.6 Å². The van der Waals surface area contributed by atoms with Crippen molar-refractivity contribution in [1.82, 2.24) is 5.27 Å². The van der Waals surface area contributed by atoms with Gasteiger partial charge in [0.1, 0.15) is 0 Å². The van der Waals surface area contributed by atoms with Crippen molar-refractivity contribution < 1.29 is 24.0 Å². The van der Waals surface area contributed by atoms with Gasteiger partial charge in [-0.1, -0.05) is 36.0 Å². The number of hydrogen-bond acceptors (Lipinski definition) is 7. The minimum Gasteiger partial charge on any atom is -0.538 e. The van der Waals surface area contributed by atoms with Gasteiger partial charge in [-0.3, -0.25) is 14.9 Å². The highest BCUT2D eigenvalue weighted by Crippen LogP contribution is 2.23. The first-order valence-electron chi connectivity index (χ1n) is 7.28.